The summed E-state index contributed by atoms with van der Waals surface area (Å²) in [6.45, 7) is 0.547. The zero-order chi connectivity index (χ0) is 14.5. The largest absolute Gasteiger partial charge is 0.396 e. The number of carbonyl (C=O) groups excluding carboxylic acids is 1. The minimum Gasteiger partial charge on any atom is -0.396 e. The van der Waals surface area contributed by atoms with Crippen LogP contribution < -0.4 is 10.6 Å². The number of aliphatic hydroxyl groups excluding tert-OH is 1. The van der Waals surface area contributed by atoms with E-state index >= 15 is 0 Å². The predicted molar refractivity (Wildman–Crippen MR) is 73.2 cm³/mol. The first-order valence-electron chi connectivity index (χ1n) is 6.33. The van der Waals surface area contributed by atoms with E-state index in [1.807, 2.05) is 0 Å². The Morgan fingerprint density at radius 2 is 2.35 bits per heavy atom. The molecule has 0 bridgehead atoms. The number of benzene rings is 1. The molecule has 1 aliphatic rings. The third-order valence-electron chi connectivity index (χ3n) is 3.03. The zero-order valence-electron chi connectivity index (χ0n) is 10.7. The second-order valence-corrected chi connectivity index (χ2v) is 5.66. The number of carbonyl (C=O) groups is 1. The molecule has 1 fully saturated rings. The van der Waals surface area contributed by atoms with Crippen molar-refractivity contribution in [1.82, 2.24) is 10.6 Å². The third kappa shape index (κ3) is 3.68. The molecular formula is C13H16F2N2O2S. The molecule has 0 saturated carbocycles. The maximum atomic E-state index is 13.8. The topological polar surface area (TPSA) is 61.4 Å². The molecule has 2 atom stereocenters. The fourth-order valence-electron chi connectivity index (χ4n) is 2.06. The van der Waals surface area contributed by atoms with E-state index in [1.165, 1.54) is 17.8 Å². The second kappa shape index (κ2) is 7.01. The van der Waals surface area contributed by atoms with Crippen molar-refractivity contribution in [2.75, 3.05) is 18.9 Å². The Morgan fingerprint density at radius 1 is 1.55 bits per heavy atom. The number of hydrogen-bond donors (Lipinski definition) is 3. The molecule has 3 N–H and O–H groups in total. The summed E-state index contributed by atoms with van der Waals surface area (Å²) in [7, 11) is 0. The van der Waals surface area contributed by atoms with Gasteiger partial charge in [-0.05, 0) is 12.5 Å². The highest BCUT2D eigenvalue weighted by Crippen LogP contribution is 2.22. The van der Waals surface area contributed by atoms with Crippen LogP contribution in [0.1, 0.15) is 18.0 Å². The van der Waals surface area contributed by atoms with E-state index in [1.54, 1.807) is 0 Å². The summed E-state index contributed by atoms with van der Waals surface area (Å²) in [6.07, 6.45) is 0.172. The Hall–Kier alpha value is -1.18. The summed E-state index contributed by atoms with van der Waals surface area (Å²) < 4.78 is 26.7. The number of halogens is 2. The molecule has 0 spiro atoms. The van der Waals surface area contributed by atoms with Gasteiger partial charge in [0.1, 0.15) is 17.0 Å². The van der Waals surface area contributed by atoms with E-state index in [0.29, 0.717) is 0 Å². The molecule has 1 amide bonds. The van der Waals surface area contributed by atoms with Gasteiger partial charge in [0.05, 0.1) is 6.04 Å². The number of nitrogens with one attached hydrogen (secondary N) is 2. The van der Waals surface area contributed by atoms with Crippen molar-refractivity contribution in [3.8, 4) is 0 Å². The standard InChI is InChI=1S/C13H16F2N2O2S/c14-8-1-2-9(10(15)7-8)11(3-5-18)17-12(19)13-16-4-6-20-13/h1-2,7,11,13,16,18H,3-6H2,(H,17,19)/t11-,13-/m0/s1. The molecular weight excluding hydrogens is 286 g/mol. The smallest absolute Gasteiger partial charge is 0.248 e. The molecule has 7 heteroatoms. The van der Waals surface area contributed by atoms with E-state index in [0.717, 1.165) is 24.4 Å². The van der Waals surface area contributed by atoms with Gasteiger partial charge in [0.15, 0.2) is 0 Å². The van der Waals surface area contributed by atoms with Crippen LogP contribution in [0, 0.1) is 11.6 Å². The maximum absolute atomic E-state index is 13.8. The van der Waals surface area contributed by atoms with Gasteiger partial charge in [-0.25, -0.2) is 8.78 Å². The highest BCUT2D eigenvalue weighted by atomic mass is 32.2. The SMILES string of the molecule is O=C(N[C@@H](CCO)c1ccc(F)cc1F)[C@H]1NCCS1. The van der Waals surface area contributed by atoms with Crippen LogP contribution >= 0.6 is 11.8 Å². The zero-order valence-corrected chi connectivity index (χ0v) is 11.6. The van der Waals surface area contributed by atoms with Gasteiger partial charge in [-0.1, -0.05) is 6.07 Å². The Morgan fingerprint density at radius 3 is 2.95 bits per heavy atom. The fraction of sp³-hybridized carbons (Fsp3) is 0.462. The van der Waals surface area contributed by atoms with Gasteiger partial charge in [-0.3, -0.25) is 10.1 Å². The molecule has 2 rings (SSSR count). The van der Waals surface area contributed by atoms with Crippen LogP contribution in [0.25, 0.3) is 0 Å². The molecule has 4 nitrogen and oxygen atoms in total. The normalized spacial score (nSPS) is 19.9. The average Bonchev–Trinajstić information content (AvgIpc) is 2.92. The van der Waals surface area contributed by atoms with Gasteiger partial charge < -0.3 is 10.4 Å². The Bertz CT molecular complexity index is 481. The van der Waals surface area contributed by atoms with Crippen LogP contribution in [-0.2, 0) is 4.79 Å². The first-order valence-corrected chi connectivity index (χ1v) is 7.38. The van der Waals surface area contributed by atoms with Crippen molar-refractivity contribution in [2.24, 2.45) is 0 Å². The van der Waals surface area contributed by atoms with Crippen molar-refractivity contribution in [3.63, 3.8) is 0 Å². The van der Waals surface area contributed by atoms with Gasteiger partial charge in [0.2, 0.25) is 5.91 Å². The van der Waals surface area contributed by atoms with E-state index in [9.17, 15) is 13.6 Å². The lowest BCUT2D eigenvalue weighted by molar-refractivity contribution is -0.121. The molecule has 1 saturated heterocycles. The summed E-state index contributed by atoms with van der Waals surface area (Å²) >= 11 is 1.47. The van der Waals surface area contributed by atoms with Gasteiger partial charge in [-0.15, -0.1) is 11.8 Å². The number of rotatable bonds is 5. The van der Waals surface area contributed by atoms with E-state index < -0.39 is 17.7 Å². The lowest BCUT2D eigenvalue weighted by atomic mass is 10.0. The molecule has 1 aromatic carbocycles. The number of hydrogen-bond acceptors (Lipinski definition) is 4. The Balaban J connectivity index is 2.11. The van der Waals surface area contributed by atoms with E-state index in [4.69, 9.17) is 5.11 Å². The average molecular weight is 302 g/mol. The summed E-state index contributed by atoms with van der Waals surface area (Å²) in [5, 5.41) is 14.4. The number of aliphatic hydroxyl groups is 1. The Labute approximate surface area is 119 Å². The molecule has 1 heterocycles. The maximum Gasteiger partial charge on any atom is 0.248 e. The first kappa shape index (κ1) is 15.2. The monoisotopic (exact) mass is 302 g/mol. The molecule has 0 unspecified atom stereocenters. The summed E-state index contributed by atoms with van der Waals surface area (Å²) in [6, 6.07) is 2.53. The molecule has 1 aliphatic heterocycles. The summed E-state index contributed by atoms with van der Waals surface area (Å²) in [4.78, 5) is 12.0. The van der Waals surface area contributed by atoms with Gasteiger partial charge in [0.25, 0.3) is 0 Å². The van der Waals surface area contributed by atoms with Crippen molar-refractivity contribution in [3.05, 3.63) is 35.4 Å². The fourth-order valence-corrected chi connectivity index (χ4v) is 2.99. The number of amides is 1. The molecule has 0 radical (unpaired) electrons. The molecule has 1 aromatic rings. The quantitative estimate of drug-likeness (QED) is 0.764. The molecule has 110 valence electrons. The van der Waals surface area contributed by atoms with Crippen molar-refractivity contribution >= 4 is 17.7 Å². The number of thioether (sulfide) groups is 1. The molecule has 0 aliphatic carbocycles. The van der Waals surface area contributed by atoms with Crippen molar-refractivity contribution in [2.45, 2.75) is 17.8 Å². The summed E-state index contributed by atoms with van der Waals surface area (Å²) in [5.41, 5.74) is 0.178. The van der Waals surface area contributed by atoms with Crippen LogP contribution in [0.5, 0.6) is 0 Å². The minimum absolute atomic E-state index is 0.172. The van der Waals surface area contributed by atoms with Gasteiger partial charge >= 0.3 is 0 Å². The van der Waals surface area contributed by atoms with Gasteiger partial charge in [0, 0.05) is 30.5 Å². The molecule has 20 heavy (non-hydrogen) atoms. The van der Waals surface area contributed by atoms with Crippen LogP contribution in [0.2, 0.25) is 0 Å². The Kier molecular flexibility index (Phi) is 5.33. The lowest BCUT2D eigenvalue weighted by Gasteiger charge is -2.21. The lowest BCUT2D eigenvalue weighted by Crippen LogP contribution is -2.41. The highest BCUT2D eigenvalue weighted by Gasteiger charge is 2.26. The highest BCUT2D eigenvalue weighted by molar-refractivity contribution is 8.00. The first-order chi connectivity index (χ1) is 9.61. The third-order valence-corrected chi connectivity index (χ3v) is 4.18. The van der Waals surface area contributed by atoms with Crippen LogP contribution in [0.15, 0.2) is 18.2 Å². The van der Waals surface area contributed by atoms with Crippen LogP contribution in [-0.4, -0.2) is 35.3 Å². The van der Waals surface area contributed by atoms with Crippen molar-refractivity contribution in [1.29, 1.82) is 0 Å². The second-order valence-electron chi connectivity index (χ2n) is 4.44. The molecule has 0 aromatic heterocycles. The van der Waals surface area contributed by atoms with Gasteiger partial charge in [-0.2, -0.15) is 0 Å². The van der Waals surface area contributed by atoms with E-state index in [-0.39, 0.29) is 29.9 Å². The van der Waals surface area contributed by atoms with Crippen LogP contribution in [0.4, 0.5) is 8.78 Å². The van der Waals surface area contributed by atoms with Crippen molar-refractivity contribution < 1.29 is 18.7 Å². The van der Waals surface area contributed by atoms with Crippen LogP contribution in [0.3, 0.4) is 0 Å². The summed E-state index contributed by atoms with van der Waals surface area (Å²) in [5.74, 6) is -0.813. The van der Waals surface area contributed by atoms with E-state index in [2.05, 4.69) is 10.6 Å². The predicted octanol–water partition coefficient (Wildman–Crippen LogP) is 1.17. The minimum atomic E-state index is -0.726.